The molecule has 16 heavy (non-hydrogen) atoms. The first kappa shape index (κ1) is 11.2. The molecule has 0 amide bonds. The molecular formula is C14H19NO. The van der Waals surface area contributed by atoms with E-state index in [1.54, 1.807) is 0 Å². The molecule has 0 spiro atoms. The average molecular weight is 217 g/mol. The van der Waals surface area contributed by atoms with E-state index in [-0.39, 0.29) is 0 Å². The van der Waals surface area contributed by atoms with Crippen LogP contribution < -0.4 is 0 Å². The first-order chi connectivity index (χ1) is 7.66. The van der Waals surface area contributed by atoms with E-state index < -0.39 is 0 Å². The molecule has 2 rings (SSSR count). The van der Waals surface area contributed by atoms with Gasteiger partial charge in [-0.1, -0.05) is 44.2 Å². The summed E-state index contributed by atoms with van der Waals surface area (Å²) in [6.45, 7) is 7.31. The van der Waals surface area contributed by atoms with Crippen molar-refractivity contribution in [2.45, 2.75) is 33.4 Å². The van der Waals surface area contributed by atoms with Crippen LogP contribution in [0.3, 0.4) is 0 Å². The Bertz CT molecular complexity index is 370. The lowest BCUT2D eigenvalue weighted by molar-refractivity contribution is -0.133. The number of hydroxylamine groups is 2. The van der Waals surface area contributed by atoms with Gasteiger partial charge in [0.05, 0.1) is 12.6 Å². The Morgan fingerprint density at radius 2 is 1.94 bits per heavy atom. The molecule has 0 saturated heterocycles. The van der Waals surface area contributed by atoms with Crippen molar-refractivity contribution in [3.05, 3.63) is 47.7 Å². The van der Waals surface area contributed by atoms with Gasteiger partial charge in [0.2, 0.25) is 0 Å². The van der Waals surface area contributed by atoms with E-state index in [0.717, 1.165) is 12.3 Å². The molecule has 0 N–H and O–H groups in total. The van der Waals surface area contributed by atoms with Gasteiger partial charge in [0.25, 0.3) is 0 Å². The minimum absolute atomic E-state index is 0.389. The van der Waals surface area contributed by atoms with E-state index in [1.807, 2.05) is 13.0 Å². The van der Waals surface area contributed by atoms with Crippen LogP contribution in [0.15, 0.2) is 42.2 Å². The fourth-order valence-corrected chi connectivity index (χ4v) is 2.03. The summed E-state index contributed by atoms with van der Waals surface area (Å²) in [5, 5.41) is 2.06. The van der Waals surface area contributed by atoms with Crippen LogP contribution in [-0.4, -0.2) is 11.1 Å². The molecule has 0 aliphatic carbocycles. The van der Waals surface area contributed by atoms with Crippen molar-refractivity contribution >= 4 is 0 Å². The third kappa shape index (κ3) is 2.45. The van der Waals surface area contributed by atoms with Gasteiger partial charge in [0.1, 0.15) is 5.76 Å². The zero-order valence-corrected chi connectivity index (χ0v) is 10.2. The van der Waals surface area contributed by atoms with Crippen LogP contribution in [0.5, 0.6) is 0 Å². The van der Waals surface area contributed by atoms with Crippen LogP contribution in [0, 0.1) is 5.92 Å². The second-order valence-corrected chi connectivity index (χ2v) is 4.66. The smallest absolute Gasteiger partial charge is 0.119 e. The predicted molar refractivity (Wildman–Crippen MR) is 65.5 cm³/mol. The third-order valence-corrected chi connectivity index (χ3v) is 2.86. The van der Waals surface area contributed by atoms with Crippen molar-refractivity contribution in [3.63, 3.8) is 0 Å². The summed E-state index contributed by atoms with van der Waals surface area (Å²) in [7, 11) is 0. The highest BCUT2D eigenvalue weighted by molar-refractivity contribution is 5.15. The van der Waals surface area contributed by atoms with E-state index in [2.05, 4.69) is 49.3 Å². The highest BCUT2D eigenvalue weighted by Gasteiger charge is 2.27. The number of hydrogen-bond donors (Lipinski definition) is 0. The molecule has 0 bridgehead atoms. The molecule has 2 heteroatoms. The Morgan fingerprint density at radius 3 is 2.56 bits per heavy atom. The SMILES string of the molecule is CC1=CC(C(C)C)N(Cc2ccccc2)O1. The fourth-order valence-electron chi connectivity index (χ4n) is 2.03. The molecule has 0 saturated carbocycles. The van der Waals surface area contributed by atoms with Gasteiger partial charge >= 0.3 is 0 Å². The monoisotopic (exact) mass is 217 g/mol. The normalized spacial score (nSPS) is 21.0. The summed E-state index contributed by atoms with van der Waals surface area (Å²) in [4.78, 5) is 5.73. The van der Waals surface area contributed by atoms with Gasteiger partial charge in [-0.05, 0) is 24.5 Å². The van der Waals surface area contributed by atoms with Gasteiger partial charge in [-0.15, -0.1) is 5.06 Å². The molecule has 2 nitrogen and oxygen atoms in total. The number of allylic oxidation sites excluding steroid dienone is 1. The maximum absolute atomic E-state index is 5.73. The molecule has 1 aromatic rings. The third-order valence-electron chi connectivity index (χ3n) is 2.86. The summed E-state index contributed by atoms with van der Waals surface area (Å²) in [5.41, 5.74) is 1.29. The molecule has 1 atom stereocenters. The minimum atomic E-state index is 0.389. The number of rotatable bonds is 3. The van der Waals surface area contributed by atoms with Crippen LogP contribution in [0.1, 0.15) is 26.3 Å². The molecular weight excluding hydrogens is 198 g/mol. The second kappa shape index (κ2) is 4.71. The number of nitrogens with zero attached hydrogens (tertiary/aromatic N) is 1. The number of hydrogen-bond acceptors (Lipinski definition) is 2. The zero-order chi connectivity index (χ0) is 11.5. The van der Waals surface area contributed by atoms with Crippen LogP contribution in [0.25, 0.3) is 0 Å². The van der Waals surface area contributed by atoms with E-state index in [1.165, 1.54) is 5.56 Å². The fraction of sp³-hybridized carbons (Fsp3) is 0.429. The molecule has 1 aliphatic heterocycles. The Morgan fingerprint density at radius 1 is 1.25 bits per heavy atom. The van der Waals surface area contributed by atoms with Crippen molar-refractivity contribution < 1.29 is 4.84 Å². The summed E-state index contributed by atoms with van der Waals surface area (Å²) in [6, 6.07) is 10.8. The molecule has 1 aromatic carbocycles. The topological polar surface area (TPSA) is 12.5 Å². The highest BCUT2D eigenvalue weighted by Crippen LogP contribution is 2.25. The van der Waals surface area contributed by atoms with Crippen molar-refractivity contribution in [1.82, 2.24) is 5.06 Å². The van der Waals surface area contributed by atoms with Gasteiger partial charge in [0, 0.05) is 0 Å². The average Bonchev–Trinajstić information content (AvgIpc) is 2.61. The summed E-state index contributed by atoms with van der Waals surface area (Å²) < 4.78 is 0. The summed E-state index contributed by atoms with van der Waals surface area (Å²) in [6.07, 6.45) is 2.20. The van der Waals surface area contributed by atoms with Crippen LogP contribution in [0.4, 0.5) is 0 Å². The Hall–Kier alpha value is -1.28. The lowest BCUT2D eigenvalue weighted by atomic mass is 10.0. The van der Waals surface area contributed by atoms with Crippen molar-refractivity contribution in [1.29, 1.82) is 0 Å². The summed E-state index contributed by atoms with van der Waals surface area (Å²) in [5.74, 6) is 1.58. The Kier molecular flexibility index (Phi) is 3.30. The Labute approximate surface area is 97.5 Å². The largest absolute Gasteiger partial charge is 0.410 e. The van der Waals surface area contributed by atoms with E-state index >= 15 is 0 Å². The van der Waals surface area contributed by atoms with Crippen LogP contribution >= 0.6 is 0 Å². The quantitative estimate of drug-likeness (QED) is 0.769. The standard InChI is InChI=1S/C14H19NO/c1-11(2)14-9-12(3)16-15(14)10-13-7-5-4-6-8-13/h4-9,11,14H,10H2,1-3H3. The molecule has 1 heterocycles. The lowest BCUT2D eigenvalue weighted by Crippen LogP contribution is -2.32. The van der Waals surface area contributed by atoms with E-state index in [4.69, 9.17) is 4.84 Å². The van der Waals surface area contributed by atoms with Crippen molar-refractivity contribution in [3.8, 4) is 0 Å². The van der Waals surface area contributed by atoms with Gasteiger partial charge in [-0.3, -0.25) is 0 Å². The molecule has 1 aliphatic rings. The highest BCUT2D eigenvalue weighted by atomic mass is 16.7. The van der Waals surface area contributed by atoms with Gasteiger partial charge in [-0.2, -0.15) is 0 Å². The van der Waals surface area contributed by atoms with Crippen molar-refractivity contribution in [2.24, 2.45) is 5.92 Å². The maximum Gasteiger partial charge on any atom is 0.119 e. The van der Waals surface area contributed by atoms with Gasteiger partial charge in [0.15, 0.2) is 0 Å². The minimum Gasteiger partial charge on any atom is -0.410 e. The lowest BCUT2D eigenvalue weighted by Gasteiger charge is -2.25. The van der Waals surface area contributed by atoms with E-state index in [0.29, 0.717) is 12.0 Å². The molecule has 0 fully saturated rings. The van der Waals surface area contributed by atoms with Crippen LogP contribution in [0.2, 0.25) is 0 Å². The molecule has 1 unspecified atom stereocenters. The van der Waals surface area contributed by atoms with E-state index in [9.17, 15) is 0 Å². The molecule has 86 valence electrons. The van der Waals surface area contributed by atoms with Gasteiger partial charge in [-0.25, -0.2) is 0 Å². The van der Waals surface area contributed by atoms with Crippen molar-refractivity contribution in [2.75, 3.05) is 0 Å². The Balaban J connectivity index is 2.06. The second-order valence-electron chi connectivity index (χ2n) is 4.66. The molecule has 0 radical (unpaired) electrons. The van der Waals surface area contributed by atoms with Crippen LogP contribution in [-0.2, 0) is 11.4 Å². The maximum atomic E-state index is 5.73. The zero-order valence-electron chi connectivity index (χ0n) is 10.2. The summed E-state index contributed by atoms with van der Waals surface area (Å²) >= 11 is 0. The number of benzene rings is 1. The first-order valence-electron chi connectivity index (χ1n) is 5.84. The van der Waals surface area contributed by atoms with Gasteiger partial charge < -0.3 is 4.84 Å². The molecule has 0 aromatic heterocycles. The first-order valence-corrected chi connectivity index (χ1v) is 5.84. The predicted octanol–water partition coefficient (Wildman–Crippen LogP) is 3.36.